The molecular formula is C22H25FN6O2S. The number of nitrogens with one attached hydrogen (secondary N) is 3. The van der Waals surface area contributed by atoms with Gasteiger partial charge in [-0.2, -0.15) is 5.10 Å². The zero-order chi connectivity index (χ0) is 22.5. The smallest absolute Gasteiger partial charge is 0.237 e. The maximum absolute atomic E-state index is 14.8. The number of sulfonamides is 1. The van der Waals surface area contributed by atoms with Crippen LogP contribution in [0.1, 0.15) is 73.6 Å². The van der Waals surface area contributed by atoms with Gasteiger partial charge in [0.25, 0.3) is 0 Å². The number of aromatic nitrogens is 4. The number of hydrogen-bond acceptors (Lipinski definition) is 6. The van der Waals surface area contributed by atoms with E-state index < -0.39 is 15.8 Å². The molecule has 5 rings (SSSR count). The predicted molar refractivity (Wildman–Crippen MR) is 120 cm³/mol. The Morgan fingerprint density at radius 1 is 1.19 bits per heavy atom. The molecule has 3 aromatic rings. The van der Waals surface area contributed by atoms with Crippen molar-refractivity contribution in [1.82, 2.24) is 20.2 Å². The van der Waals surface area contributed by atoms with Gasteiger partial charge < -0.3 is 5.32 Å². The van der Waals surface area contributed by atoms with E-state index in [-0.39, 0.29) is 22.7 Å². The zero-order valence-electron chi connectivity index (χ0n) is 17.9. The third kappa shape index (κ3) is 3.94. The lowest BCUT2D eigenvalue weighted by molar-refractivity contribution is 0.597. The van der Waals surface area contributed by atoms with Crippen LogP contribution in [0, 0.1) is 5.82 Å². The third-order valence-corrected chi connectivity index (χ3v) is 7.43. The molecular weight excluding hydrogens is 431 g/mol. The SMILES string of the molecule is CC(C)c1ccnc(C2CCC(c3cc(Nc4ccc5c(c4F)CS(=O)(=O)N5)n[nH]3)C2)n1. The first-order valence-corrected chi connectivity index (χ1v) is 12.4. The fourth-order valence-electron chi connectivity index (χ4n) is 4.50. The molecule has 1 aliphatic heterocycles. The Bertz CT molecular complexity index is 1270. The van der Waals surface area contributed by atoms with Crippen molar-refractivity contribution in [3.63, 3.8) is 0 Å². The fraction of sp³-hybridized carbons (Fsp3) is 0.409. The standard InChI is InChI=1S/C22H25FN6O2S/c1-12(2)16-7-8-24-22(26-16)14-4-3-13(9-14)19-10-20(28-27-19)25-18-6-5-17-15(21(18)23)11-32(30,31)29-17/h5-8,10,12-14,29H,3-4,9,11H2,1-2H3,(H2,25,27,28). The van der Waals surface area contributed by atoms with Crippen LogP contribution < -0.4 is 10.0 Å². The molecule has 1 aromatic carbocycles. The highest BCUT2D eigenvalue weighted by Crippen LogP contribution is 2.43. The van der Waals surface area contributed by atoms with Crippen molar-refractivity contribution in [3.8, 4) is 0 Å². The van der Waals surface area contributed by atoms with Gasteiger partial charge in [0.05, 0.1) is 17.1 Å². The highest BCUT2D eigenvalue weighted by Gasteiger charge is 2.31. The summed E-state index contributed by atoms with van der Waals surface area (Å²) in [6, 6.07) is 6.93. The van der Waals surface area contributed by atoms with E-state index in [2.05, 4.69) is 39.1 Å². The van der Waals surface area contributed by atoms with E-state index in [0.29, 0.717) is 23.6 Å². The van der Waals surface area contributed by atoms with Gasteiger partial charge in [0.15, 0.2) is 11.6 Å². The molecule has 0 amide bonds. The number of fused-ring (bicyclic) bond motifs is 1. The summed E-state index contributed by atoms with van der Waals surface area (Å²) in [6.45, 7) is 4.25. The van der Waals surface area contributed by atoms with Crippen molar-refractivity contribution in [2.24, 2.45) is 0 Å². The van der Waals surface area contributed by atoms with Crippen LogP contribution in [0.2, 0.25) is 0 Å². The maximum Gasteiger partial charge on any atom is 0.237 e. The summed E-state index contributed by atoms with van der Waals surface area (Å²) in [4.78, 5) is 9.26. The minimum atomic E-state index is -3.51. The molecule has 2 aromatic heterocycles. The van der Waals surface area contributed by atoms with E-state index in [0.717, 1.165) is 36.5 Å². The Labute approximate surface area is 186 Å². The monoisotopic (exact) mass is 456 g/mol. The fourth-order valence-corrected chi connectivity index (χ4v) is 5.76. The molecule has 10 heteroatoms. The second kappa shape index (κ2) is 7.84. The second-order valence-electron chi connectivity index (χ2n) is 8.85. The van der Waals surface area contributed by atoms with Gasteiger partial charge in [0.1, 0.15) is 5.82 Å². The molecule has 0 radical (unpaired) electrons. The largest absolute Gasteiger partial charge is 0.336 e. The van der Waals surface area contributed by atoms with E-state index in [9.17, 15) is 12.8 Å². The first-order valence-electron chi connectivity index (χ1n) is 10.8. The predicted octanol–water partition coefficient (Wildman–Crippen LogP) is 4.51. The number of hydrogen-bond donors (Lipinski definition) is 3. The molecule has 2 aliphatic rings. The van der Waals surface area contributed by atoms with Crippen LogP contribution in [-0.2, 0) is 15.8 Å². The Morgan fingerprint density at radius 3 is 2.81 bits per heavy atom. The first-order chi connectivity index (χ1) is 15.3. The maximum atomic E-state index is 14.8. The van der Waals surface area contributed by atoms with Crippen LogP contribution >= 0.6 is 0 Å². The number of rotatable bonds is 5. The molecule has 2 unspecified atom stereocenters. The van der Waals surface area contributed by atoms with Crippen LogP contribution in [0.3, 0.4) is 0 Å². The van der Waals surface area contributed by atoms with Crippen LogP contribution in [0.4, 0.5) is 21.6 Å². The van der Waals surface area contributed by atoms with Gasteiger partial charge in [0.2, 0.25) is 10.0 Å². The molecule has 0 bridgehead atoms. The highest BCUT2D eigenvalue weighted by molar-refractivity contribution is 7.92. The quantitative estimate of drug-likeness (QED) is 0.521. The van der Waals surface area contributed by atoms with E-state index in [1.54, 1.807) is 6.07 Å². The van der Waals surface area contributed by atoms with Crippen molar-refractivity contribution in [3.05, 3.63) is 59.1 Å². The molecule has 3 N–H and O–H groups in total. The lowest BCUT2D eigenvalue weighted by atomic mass is 10.0. The van der Waals surface area contributed by atoms with Crippen LogP contribution in [0.25, 0.3) is 0 Å². The third-order valence-electron chi connectivity index (χ3n) is 6.23. The van der Waals surface area contributed by atoms with Gasteiger partial charge >= 0.3 is 0 Å². The topological polar surface area (TPSA) is 113 Å². The Hall–Kier alpha value is -3.01. The number of anilines is 3. The second-order valence-corrected chi connectivity index (χ2v) is 10.6. The Morgan fingerprint density at radius 2 is 2.00 bits per heavy atom. The molecule has 8 nitrogen and oxygen atoms in total. The van der Waals surface area contributed by atoms with Gasteiger partial charge in [-0.05, 0) is 43.4 Å². The number of nitrogens with zero attached hydrogens (tertiary/aromatic N) is 3. The number of halogens is 1. The van der Waals surface area contributed by atoms with Gasteiger partial charge in [-0.3, -0.25) is 9.82 Å². The molecule has 1 aliphatic carbocycles. The summed E-state index contributed by atoms with van der Waals surface area (Å²) in [7, 11) is -3.51. The average Bonchev–Trinajstić information content (AvgIpc) is 3.48. The summed E-state index contributed by atoms with van der Waals surface area (Å²) in [5, 5.41) is 10.3. The van der Waals surface area contributed by atoms with E-state index >= 15 is 0 Å². The zero-order valence-corrected chi connectivity index (χ0v) is 18.7. The lowest BCUT2D eigenvalue weighted by Crippen LogP contribution is -2.05. The summed E-state index contributed by atoms with van der Waals surface area (Å²) < 4.78 is 40.6. The minimum Gasteiger partial charge on any atom is -0.336 e. The van der Waals surface area contributed by atoms with E-state index in [4.69, 9.17) is 4.98 Å². The van der Waals surface area contributed by atoms with Gasteiger partial charge in [-0.15, -0.1) is 0 Å². The molecule has 32 heavy (non-hydrogen) atoms. The molecule has 1 fully saturated rings. The van der Waals surface area contributed by atoms with Gasteiger partial charge in [0, 0.05) is 41.1 Å². The molecule has 0 spiro atoms. The summed E-state index contributed by atoms with van der Waals surface area (Å²) in [6.07, 6.45) is 4.78. The van der Waals surface area contributed by atoms with Crippen LogP contribution in [0.15, 0.2) is 30.5 Å². The Balaban J connectivity index is 1.29. The normalized spacial score (nSPS) is 21.5. The molecule has 0 saturated heterocycles. The average molecular weight is 457 g/mol. The molecule has 3 heterocycles. The molecule has 2 atom stereocenters. The van der Waals surface area contributed by atoms with Crippen molar-refractivity contribution in [1.29, 1.82) is 0 Å². The number of benzene rings is 1. The molecule has 168 valence electrons. The Kier molecular flexibility index (Phi) is 5.11. The van der Waals surface area contributed by atoms with Crippen LogP contribution in [0.5, 0.6) is 0 Å². The van der Waals surface area contributed by atoms with E-state index in [1.165, 1.54) is 6.07 Å². The summed E-state index contributed by atoms with van der Waals surface area (Å²) in [5.74, 6) is 1.43. The summed E-state index contributed by atoms with van der Waals surface area (Å²) >= 11 is 0. The minimum absolute atomic E-state index is 0.146. The molecule has 1 saturated carbocycles. The van der Waals surface area contributed by atoms with Crippen LogP contribution in [-0.4, -0.2) is 28.6 Å². The number of aromatic amines is 1. The highest BCUT2D eigenvalue weighted by atomic mass is 32.2. The van der Waals surface area contributed by atoms with Gasteiger partial charge in [-0.1, -0.05) is 13.8 Å². The number of H-pyrrole nitrogens is 1. The van der Waals surface area contributed by atoms with Crippen molar-refractivity contribution >= 4 is 27.2 Å². The van der Waals surface area contributed by atoms with E-state index in [1.807, 2.05) is 18.3 Å². The van der Waals surface area contributed by atoms with Crippen molar-refractivity contribution < 1.29 is 12.8 Å². The summed E-state index contributed by atoms with van der Waals surface area (Å²) in [5.41, 5.74) is 2.68. The van der Waals surface area contributed by atoms with Gasteiger partial charge in [-0.25, -0.2) is 22.8 Å². The van der Waals surface area contributed by atoms with Crippen molar-refractivity contribution in [2.45, 2.75) is 56.6 Å². The lowest BCUT2D eigenvalue weighted by Gasteiger charge is -2.11. The first kappa shape index (κ1) is 20.9. The van der Waals surface area contributed by atoms with Crippen molar-refractivity contribution in [2.75, 3.05) is 10.0 Å².